The van der Waals surface area contributed by atoms with Crippen molar-refractivity contribution in [2.45, 2.75) is 12.5 Å². The SMILES string of the molecule is COC(CNC(=O)NCC(N)=O)CC(=O)O. The number of urea groups is 1. The van der Waals surface area contributed by atoms with Crippen molar-refractivity contribution >= 4 is 17.9 Å². The van der Waals surface area contributed by atoms with Crippen molar-refractivity contribution in [1.29, 1.82) is 0 Å². The third kappa shape index (κ3) is 7.56. The van der Waals surface area contributed by atoms with Gasteiger partial charge >= 0.3 is 12.0 Å². The summed E-state index contributed by atoms with van der Waals surface area (Å²) in [7, 11) is 1.34. The minimum absolute atomic E-state index is 0.0351. The number of hydrogen-bond acceptors (Lipinski definition) is 4. The third-order valence-corrected chi connectivity index (χ3v) is 1.65. The van der Waals surface area contributed by atoms with E-state index in [2.05, 4.69) is 10.6 Å². The van der Waals surface area contributed by atoms with Gasteiger partial charge in [-0.05, 0) is 0 Å². The van der Waals surface area contributed by atoms with Crippen LogP contribution in [0.2, 0.25) is 0 Å². The summed E-state index contributed by atoms with van der Waals surface area (Å²) in [6, 6.07) is -0.605. The van der Waals surface area contributed by atoms with Gasteiger partial charge in [-0.2, -0.15) is 0 Å². The molecule has 16 heavy (non-hydrogen) atoms. The second kappa shape index (κ2) is 7.46. The van der Waals surface area contributed by atoms with Gasteiger partial charge in [0.05, 0.1) is 19.1 Å². The van der Waals surface area contributed by atoms with E-state index in [1.54, 1.807) is 0 Å². The van der Waals surface area contributed by atoms with E-state index < -0.39 is 24.0 Å². The zero-order valence-electron chi connectivity index (χ0n) is 8.86. The lowest BCUT2D eigenvalue weighted by Gasteiger charge is -2.13. The number of aliphatic carboxylic acids is 1. The van der Waals surface area contributed by atoms with Gasteiger partial charge in [-0.25, -0.2) is 4.79 Å². The molecular weight excluding hydrogens is 218 g/mol. The van der Waals surface area contributed by atoms with Gasteiger partial charge in [-0.1, -0.05) is 0 Å². The molecule has 0 aliphatic rings. The maximum atomic E-state index is 11.0. The molecule has 0 saturated carbocycles. The maximum Gasteiger partial charge on any atom is 0.315 e. The van der Waals surface area contributed by atoms with E-state index in [1.807, 2.05) is 0 Å². The van der Waals surface area contributed by atoms with Crippen LogP contribution in [0.25, 0.3) is 0 Å². The van der Waals surface area contributed by atoms with Crippen molar-refractivity contribution in [3.05, 3.63) is 0 Å². The van der Waals surface area contributed by atoms with Gasteiger partial charge in [0.15, 0.2) is 0 Å². The van der Waals surface area contributed by atoms with Crippen LogP contribution in [0.3, 0.4) is 0 Å². The zero-order valence-corrected chi connectivity index (χ0v) is 8.86. The first kappa shape index (κ1) is 14.2. The average Bonchev–Trinajstić information content (AvgIpc) is 2.20. The van der Waals surface area contributed by atoms with Gasteiger partial charge in [0.1, 0.15) is 0 Å². The molecule has 8 heteroatoms. The van der Waals surface area contributed by atoms with Crippen molar-refractivity contribution in [3.63, 3.8) is 0 Å². The van der Waals surface area contributed by atoms with E-state index in [0.717, 1.165) is 0 Å². The first-order valence-electron chi connectivity index (χ1n) is 4.50. The molecule has 0 saturated heterocycles. The Morgan fingerprint density at radius 1 is 1.38 bits per heavy atom. The van der Waals surface area contributed by atoms with Crippen molar-refractivity contribution in [3.8, 4) is 0 Å². The lowest BCUT2D eigenvalue weighted by atomic mass is 10.2. The number of nitrogens with one attached hydrogen (secondary N) is 2. The van der Waals surface area contributed by atoms with Gasteiger partial charge < -0.3 is 26.2 Å². The maximum absolute atomic E-state index is 11.0. The number of methoxy groups -OCH3 is 1. The van der Waals surface area contributed by atoms with Crippen LogP contribution in [-0.4, -0.2) is 49.3 Å². The molecule has 92 valence electrons. The molecule has 0 radical (unpaired) electrons. The minimum atomic E-state index is -1.02. The lowest BCUT2D eigenvalue weighted by molar-refractivity contribution is -0.139. The Morgan fingerprint density at radius 2 is 2.00 bits per heavy atom. The summed E-state index contributed by atoms with van der Waals surface area (Å²) in [6.45, 7) is -0.240. The highest BCUT2D eigenvalue weighted by molar-refractivity contribution is 5.82. The molecule has 0 bridgehead atoms. The Labute approximate surface area is 92.1 Å². The molecule has 0 spiro atoms. The Hall–Kier alpha value is -1.83. The van der Waals surface area contributed by atoms with Crippen LogP contribution in [0.4, 0.5) is 4.79 Å². The van der Waals surface area contributed by atoms with Crippen LogP contribution in [0, 0.1) is 0 Å². The van der Waals surface area contributed by atoms with E-state index in [1.165, 1.54) is 7.11 Å². The molecule has 1 unspecified atom stereocenters. The fraction of sp³-hybridized carbons (Fsp3) is 0.625. The zero-order chi connectivity index (χ0) is 12.6. The number of carboxylic acids is 1. The van der Waals surface area contributed by atoms with Crippen molar-refractivity contribution in [2.24, 2.45) is 5.73 Å². The highest BCUT2D eigenvalue weighted by Crippen LogP contribution is 1.94. The summed E-state index contributed by atoms with van der Waals surface area (Å²) in [6.07, 6.45) is -0.830. The molecule has 0 fully saturated rings. The van der Waals surface area contributed by atoms with Gasteiger partial charge in [0.25, 0.3) is 0 Å². The Balaban J connectivity index is 3.79. The van der Waals surface area contributed by atoms with Gasteiger partial charge in [0.2, 0.25) is 5.91 Å². The van der Waals surface area contributed by atoms with Crippen molar-refractivity contribution < 1.29 is 24.2 Å². The number of rotatable bonds is 7. The lowest BCUT2D eigenvalue weighted by Crippen LogP contribution is -2.43. The monoisotopic (exact) mass is 233 g/mol. The summed E-state index contributed by atoms with van der Waals surface area (Å²) < 4.78 is 4.82. The smallest absolute Gasteiger partial charge is 0.315 e. The van der Waals surface area contributed by atoms with Crippen molar-refractivity contribution in [1.82, 2.24) is 10.6 Å². The number of amides is 3. The highest BCUT2D eigenvalue weighted by atomic mass is 16.5. The van der Waals surface area contributed by atoms with E-state index in [0.29, 0.717) is 0 Å². The molecule has 3 amide bonds. The number of nitrogens with two attached hydrogens (primary N) is 1. The van der Waals surface area contributed by atoms with Crippen LogP contribution >= 0.6 is 0 Å². The number of hydrogen-bond donors (Lipinski definition) is 4. The fourth-order valence-corrected chi connectivity index (χ4v) is 0.870. The largest absolute Gasteiger partial charge is 0.481 e. The number of carbonyl (C=O) groups is 3. The second-order valence-electron chi connectivity index (χ2n) is 2.99. The third-order valence-electron chi connectivity index (χ3n) is 1.65. The molecule has 5 N–H and O–H groups in total. The van der Waals surface area contributed by atoms with Crippen LogP contribution in [-0.2, 0) is 14.3 Å². The molecule has 0 aromatic heterocycles. The Kier molecular flexibility index (Phi) is 6.61. The predicted molar refractivity (Wildman–Crippen MR) is 53.6 cm³/mol. The van der Waals surface area contributed by atoms with Gasteiger partial charge in [0, 0.05) is 13.7 Å². The second-order valence-corrected chi connectivity index (χ2v) is 2.99. The fourth-order valence-electron chi connectivity index (χ4n) is 0.870. The number of carboxylic acid groups (broad SMARTS) is 1. The van der Waals surface area contributed by atoms with Crippen LogP contribution in [0.1, 0.15) is 6.42 Å². The number of carbonyl (C=O) groups excluding carboxylic acids is 2. The number of primary amides is 1. The average molecular weight is 233 g/mol. The molecule has 0 aliphatic carbocycles. The molecule has 8 nitrogen and oxygen atoms in total. The molecule has 1 atom stereocenters. The predicted octanol–water partition coefficient (Wildman–Crippen LogP) is -1.74. The van der Waals surface area contributed by atoms with E-state index in [4.69, 9.17) is 15.6 Å². The summed E-state index contributed by atoms with van der Waals surface area (Å²) in [5.74, 6) is -1.69. The minimum Gasteiger partial charge on any atom is -0.481 e. The topological polar surface area (TPSA) is 131 Å². The van der Waals surface area contributed by atoms with Crippen molar-refractivity contribution in [2.75, 3.05) is 20.2 Å². The molecule has 0 heterocycles. The van der Waals surface area contributed by atoms with Crippen LogP contribution < -0.4 is 16.4 Å². The molecular formula is C8H15N3O5. The standard InChI is InChI=1S/C8H15N3O5/c1-16-5(2-7(13)14)3-10-8(15)11-4-6(9)12/h5H,2-4H2,1H3,(H2,9,12)(H,13,14)(H2,10,11,15). The molecule has 0 aromatic carbocycles. The Morgan fingerprint density at radius 3 is 2.44 bits per heavy atom. The van der Waals surface area contributed by atoms with Crippen LogP contribution in [0.15, 0.2) is 0 Å². The number of ether oxygens (including phenoxy) is 1. The van der Waals surface area contributed by atoms with E-state index >= 15 is 0 Å². The molecule has 0 aliphatic heterocycles. The molecule has 0 rings (SSSR count). The summed E-state index contributed by atoms with van der Waals surface area (Å²) >= 11 is 0. The van der Waals surface area contributed by atoms with Crippen LogP contribution in [0.5, 0.6) is 0 Å². The molecule has 0 aromatic rings. The highest BCUT2D eigenvalue weighted by Gasteiger charge is 2.13. The summed E-state index contributed by atoms with van der Waals surface area (Å²) in [5, 5.41) is 13.0. The van der Waals surface area contributed by atoms with Gasteiger partial charge in [-0.15, -0.1) is 0 Å². The first-order valence-corrected chi connectivity index (χ1v) is 4.50. The van der Waals surface area contributed by atoms with E-state index in [9.17, 15) is 14.4 Å². The normalized spacial score (nSPS) is 11.6. The first-order chi connectivity index (χ1) is 7.45. The summed E-state index contributed by atoms with van der Waals surface area (Å²) in [5.41, 5.74) is 4.80. The summed E-state index contributed by atoms with van der Waals surface area (Å²) in [4.78, 5) is 31.7. The van der Waals surface area contributed by atoms with Gasteiger partial charge in [-0.3, -0.25) is 9.59 Å². The quantitative estimate of drug-likeness (QED) is 0.414. The Bertz CT molecular complexity index is 268. The van der Waals surface area contributed by atoms with E-state index in [-0.39, 0.29) is 19.5 Å².